The minimum Gasteiger partial charge on any atom is -0.380 e. The van der Waals surface area contributed by atoms with Gasteiger partial charge in [0.2, 0.25) is 5.91 Å². The minimum absolute atomic E-state index is 0.000373. The minimum atomic E-state index is -0.127. The maximum absolute atomic E-state index is 13.2. The zero-order valence-corrected chi connectivity index (χ0v) is 18.8. The van der Waals surface area contributed by atoms with E-state index in [0.29, 0.717) is 5.56 Å². The fraction of sp³-hybridized carbons (Fsp3) is 0.417. The summed E-state index contributed by atoms with van der Waals surface area (Å²) < 4.78 is 1.80. The first kappa shape index (κ1) is 21.8. The van der Waals surface area contributed by atoms with E-state index in [1.54, 1.807) is 30.0 Å². The van der Waals surface area contributed by atoms with Gasteiger partial charge in [0.05, 0.1) is 23.0 Å². The highest BCUT2D eigenvalue weighted by molar-refractivity contribution is 6.03. The highest BCUT2D eigenvalue weighted by Crippen LogP contribution is 2.29. The molecule has 8 heteroatoms. The second kappa shape index (κ2) is 9.38. The van der Waals surface area contributed by atoms with Gasteiger partial charge in [-0.1, -0.05) is 0 Å². The number of amides is 2. The number of carbonyl (C=O) groups excluding carboxylic acids is 2. The van der Waals surface area contributed by atoms with E-state index in [1.807, 2.05) is 24.4 Å². The molecule has 0 radical (unpaired) electrons. The Bertz CT molecular complexity index is 1100. The number of carbonyl (C=O) groups is 2. The molecule has 3 aromatic rings. The Balaban J connectivity index is 1.57. The SMILES string of the molecule is CC(=O)NC1CCC(NC(=O)c2cnn3cc(-c4ccncc4)cc3c2NC(C)C)CC1. The average molecular weight is 435 g/mol. The summed E-state index contributed by atoms with van der Waals surface area (Å²) in [6, 6.07) is 6.39. The van der Waals surface area contributed by atoms with Gasteiger partial charge in [0, 0.05) is 49.2 Å². The van der Waals surface area contributed by atoms with E-state index in [2.05, 4.69) is 39.9 Å². The smallest absolute Gasteiger partial charge is 0.255 e. The largest absolute Gasteiger partial charge is 0.380 e. The van der Waals surface area contributed by atoms with Gasteiger partial charge in [-0.15, -0.1) is 0 Å². The molecular weight excluding hydrogens is 404 g/mol. The van der Waals surface area contributed by atoms with E-state index in [9.17, 15) is 9.59 Å². The van der Waals surface area contributed by atoms with Crippen LogP contribution in [-0.4, -0.2) is 44.5 Å². The molecule has 168 valence electrons. The van der Waals surface area contributed by atoms with E-state index in [4.69, 9.17) is 0 Å². The predicted octanol–water partition coefficient (Wildman–Crippen LogP) is 3.39. The summed E-state index contributed by atoms with van der Waals surface area (Å²) in [5.41, 5.74) is 4.23. The number of nitrogens with one attached hydrogen (secondary N) is 3. The van der Waals surface area contributed by atoms with Crippen molar-refractivity contribution in [2.75, 3.05) is 5.32 Å². The Morgan fingerprint density at radius 3 is 2.31 bits per heavy atom. The summed E-state index contributed by atoms with van der Waals surface area (Å²) in [6.45, 7) is 5.64. The van der Waals surface area contributed by atoms with Crippen LogP contribution in [0.1, 0.15) is 56.8 Å². The molecule has 3 aromatic heterocycles. The molecule has 0 spiro atoms. The second-order valence-electron chi connectivity index (χ2n) is 8.75. The molecule has 8 nitrogen and oxygen atoms in total. The van der Waals surface area contributed by atoms with E-state index >= 15 is 0 Å². The standard InChI is InChI=1S/C24H30N6O2/c1-15(2)27-23-21(24(32)29-20-6-4-19(5-7-20)28-16(3)31)13-26-30-14-18(12-22(23)30)17-8-10-25-11-9-17/h8-15,19-20,27H,4-7H2,1-3H3,(H,28,31)(H,29,32). The summed E-state index contributed by atoms with van der Waals surface area (Å²) in [4.78, 5) is 28.6. The quantitative estimate of drug-likeness (QED) is 0.552. The van der Waals surface area contributed by atoms with Gasteiger partial charge in [0.25, 0.3) is 5.91 Å². The molecule has 0 atom stereocenters. The summed E-state index contributed by atoms with van der Waals surface area (Å²) in [5, 5.41) is 14.1. The topological polar surface area (TPSA) is 100 Å². The van der Waals surface area contributed by atoms with Crippen LogP contribution in [0.25, 0.3) is 16.6 Å². The molecule has 3 N–H and O–H groups in total. The molecule has 0 unspecified atom stereocenters. The highest BCUT2D eigenvalue weighted by atomic mass is 16.2. The van der Waals surface area contributed by atoms with E-state index < -0.39 is 0 Å². The molecule has 0 saturated heterocycles. The van der Waals surface area contributed by atoms with Crippen molar-refractivity contribution in [2.45, 2.75) is 64.6 Å². The molecule has 1 saturated carbocycles. The van der Waals surface area contributed by atoms with Gasteiger partial charge in [0.1, 0.15) is 0 Å². The van der Waals surface area contributed by atoms with Crippen LogP contribution in [0.3, 0.4) is 0 Å². The third-order valence-electron chi connectivity index (χ3n) is 5.80. The number of fused-ring (bicyclic) bond motifs is 1. The molecule has 1 aliphatic carbocycles. The van der Waals surface area contributed by atoms with Gasteiger partial charge in [-0.05, 0) is 63.3 Å². The van der Waals surface area contributed by atoms with Crippen molar-refractivity contribution >= 4 is 23.0 Å². The van der Waals surface area contributed by atoms with Crippen molar-refractivity contribution in [3.8, 4) is 11.1 Å². The number of hydrogen-bond acceptors (Lipinski definition) is 5. The van der Waals surface area contributed by atoms with Crippen molar-refractivity contribution in [3.05, 3.63) is 48.5 Å². The fourth-order valence-electron chi connectivity index (χ4n) is 4.30. The number of nitrogens with zero attached hydrogens (tertiary/aromatic N) is 3. The first-order chi connectivity index (χ1) is 15.4. The van der Waals surface area contributed by atoms with Gasteiger partial charge >= 0.3 is 0 Å². The summed E-state index contributed by atoms with van der Waals surface area (Å²) in [5.74, 6) is -0.127. The van der Waals surface area contributed by atoms with Crippen LogP contribution >= 0.6 is 0 Å². The van der Waals surface area contributed by atoms with Crippen LogP contribution in [0.4, 0.5) is 5.69 Å². The molecule has 0 aliphatic heterocycles. The lowest BCUT2D eigenvalue weighted by molar-refractivity contribution is -0.119. The first-order valence-electron chi connectivity index (χ1n) is 11.2. The molecule has 2 amide bonds. The lowest BCUT2D eigenvalue weighted by Crippen LogP contribution is -2.43. The Hall–Kier alpha value is -3.42. The average Bonchev–Trinajstić information content (AvgIpc) is 3.20. The number of rotatable bonds is 6. The summed E-state index contributed by atoms with van der Waals surface area (Å²) >= 11 is 0. The molecular formula is C24H30N6O2. The third kappa shape index (κ3) is 4.90. The van der Waals surface area contributed by atoms with Crippen molar-refractivity contribution in [1.82, 2.24) is 25.2 Å². The van der Waals surface area contributed by atoms with E-state index in [1.165, 1.54) is 0 Å². The number of hydrogen-bond donors (Lipinski definition) is 3. The van der Waals surface area contributed by atoms with Crippen LogP contribution in [0.5, 0.6) is 0 Å². The molecule has 32 heavy (non-hydrogen) atoms. The van der Waals surface area contributed by atoms with Crippen LogP contribution in [0.2, 0.25) is 0 Å². The van der Waals surface area contributed by atoms with Crippen molar-refractivity contribution < 1.29 is 9.59 Å². The van der Waals surface area contributed by atoms with Gasteiger partial charge < -0.3 is 16.0 Å². The van der Waals surface area contributed by atoms with Gasteiger partial charge in [-0.25, -0.2) is 4.52 Å². The zero-order chi connectivity index (χ0) is 22.7. The molecule has 3 heterocycles. The van der Waals surface area contributed by atoms with E-state index in [-0.39, 0.29) is 29.9 Å². The maximum Gasteiger partial charge on any atom is 0.255 e. The molecule has 0 bridgehead atoms. The predicted molar refractivity (Wildman–Crippen MR) is 125 cm³/mol. The first-order valence-corrected chi connectivity index (χ1v) is 11.2. The second-order valence-corrected chi connectivity index (χ2v) is 8.75. The molecule has 4 rings (SSSR count). The zero-order valence-electron chi connectivity index (χ0n) is 18.8. The molecule has 0 aromatic carbocycles. The lowest BCUT2D eigenvalue weighted by Gasteiger charge is -2.29. The molecule has 1 fully saturated rings. The Morgan fingerprint density at radius 1 is 1.03 bits per heavy atom. The lowest BCUT2D eigenvalue weighted by atomic mass is 9.91. The van der Waals surface area contributed by atoms with Gasteiger partial charge in [0.15, 0.2) is 0 Å². The van der Waals surface area contributed by atoms with Crippen LogP contribution in [0, 0.1) is 0 Å². The van der Waals surface area contributed by atoms with Crippen molar-refractivity contribution in [2.24, 2.45) is 0 Å². The highest BCUT2D eigenvalue weighted by Gasteiger charge is 2.25. The summed E-state index contributed by atoms with van der Waals surface area (Å²) in [7, 11) is 0. The Kier molecular flexibility index (Phi) is 6.39. The third-order valence-corrected chi connectivity index (χ3v) is 5.80. The van der Waals surface area contributed by atoms with Crippen molar-refractivity contribution in [3.63, 3.8) is 0 Å². The van der Waals surface area contributed by atoms with Crippen LogP contribution in [0.15, 0.2) is 43.0 Å². The Morgan fingerprint density at radius 2 is 1.69 bits per heavy atom. The molecule has 1 aliphatic rings. The van der Waals surface area contributed by atoms with Gasteiger partial charge in [-0.3, -0.25) is 14.6 Å². The number of anilines is 1. The fourth-order valence-corrected chi connectivity index (χ4v) is 4.30. The van der Waals surface area contributed by atoms with Crippen LogP contribution < -0.4 is 16.0 Å². The maximum atomic E-state index is 13.2. The number of pyridine rings is 1. The monoisotopic (exact) mass is 434 g/mol. The van der Waals surface area contributed by atoms with Gasteiger partial charge in [-0.2, -0.15) is 5.10 Å². The van der Waals surface area contributed by atoms with Crippen LogP contribution in [-0.2, 0) is 4.79 Å². The van der Waals surface area contributed by atoms with E-state index in [0.717, 1.165) is 48.0 Å². The normalized spacial score (nSPS) is 18.5. The van der Waals surface area contributed by atoms with Crippen molar-refractivity contribution in [1.29, 1.82) is 0 Å². The number of aromatic nitrogens is 3. The summed E-state index contributed by atoms with van der Waals surface area (Å²) in [6.07, 6.45) is 10.5. The Labute approximate surface area is 187 Å².